The molecule has 19 heteroatoms. The summed E-state index contributed by atoms with van der Waals surface area (Å²) in [5.74, 6) is 1.78. The lowest BCUT2D eigenvalue weighted by Gasteiger charge is -2.13. The predicted molar refractivity (Wildman–Crippen MR) is 198 cm³/mol. The Balaban J connectivity index is 0.000000228. The average Bonchev–Trinajstić information content (AvgIpc) is 3.83. The van der Waals surface area contributed by atoms with Gasteiger partial charge in [-0.1, -0.05) is 43.4 Å². The highest BCUT2D eigenvalue weighted by Gasteiger charge is 2.49. The molecule has 278 valence electrons. The Bertz CT molecular complexity index is 2230. The van der Waals surface area contributed by atoms with E-state index >= 15 is 0 Å². The number of fused-ring (bicyclic) bond motifs is 2. The Hall–Kier alpha value is -4.72. The maximum Gasteiger partial charge on any atom is 0.534 e. The summed E-state index contributed by atoms with van der Waals surface area (Å²) < 4.78 is 78.6. The van der Waals surface area contributed by atoms with Gasteiger partial charge in [0.25, 0.3) is 0 Å². The molecule has 0 unspecified atom stereocenters. The van der Waals surface area contributed by atoms with Crippen LogP contribution in [0.1, 0.15) is 13.8 Å². The van der Waals surface area contributed by atoms with Crippen LogP contribution in [0.2, 0.25) is 0 Å². The SMILES string of the molecule is CCSc1nc(-c2ccc(NC)c(OC)c2)cc2nccn12.CCSc1nc(-c2ccc(OS(=O)(=O)C(F)(F)F)c(OC)c2)cc2nccn12.CN. The van der Waals surface area contributed by atoms with E-state index in [1.54, 1.807) is 43.5 Å². The second kappa shape index (κ2) is 17.7. The number of methoxy groups -OCH3 is 2. The molecule has 3 N–H and O–H groups in total. The van der Waals surface area contributed by atoms with Gasteiger partial charge in [0.15, 0.2) is 21.8 Å². The van der Waals surface area contributed by atoms with Crippen LogP contribution in [0, 0.1) is 0 Å². The van der Waals surface area contributed by atoms with E-state index < -0.39 is 21.4 Å². The minimum Gasteiger partial charge on any atom is -0.495 e. The molecule has 0 saturated carbocycles. The Morgan fingerprint density at radius 3 is 1.69 bits per heavy atom. The van der Waals surface area contributed by atoms with Crippen LogP contribution in [0.15, 0.2) is 83.6 Å². The van der Waals surface area contributed by atoms with Gasteiger partial charge in [0, 0.05) is 55.1 Å². The predicted octanol–water partition coefficient (Wildman–Crippen LogP) is 6.88. The molecule has 13 nitrogen and oxygen atoms in total. The summed E-state index contributed by atoms with van der Waals surface area (Å²) in [6.07, 6.45) is 7.13. The van der Waals surface area contributed by atoms with Crippen molar-refractivity contribution >= 4 is 50.6 Å². The highest BCUT2D eigenvalue weighted by molar-refractivity contribution is 7.99. The Kier molecular flexibility index (Phi) is 13.6. The first kappa shape index (κ1) is 40.1. The molecule has 0 fully saturated rings. The topological polar surface area (TPSA) is 160 Å². The lowest BCUT2D eigenvalue weighted by Crippen LogP contribution is -2.28. The molecule has 0 amide bonds. The lowest BCUT2D eigenvalue weighted by atomic mass is 10.1. The van der Waals surface area contributed by atoms with E-state index in [0.29, 0.717) is 22.1 Å². The zero-order chi connectivity index (χ0) is 38.1. The molecule has 0 aliphatic rings. The van der Waals surface area contributed by atoms with E-state index in [4.69, 9.17) is 14.5 Å². The average molecular weight is 779 g/mol. The minimum absolute atomic E-state index is 0.181. The maximum absolute atomic E-state index is 12.6. The lowest BCUT2D eigenvalue weighted by molar-refractivity contribution is -0.0500. The van der Waals surface area contributed by atoms with Crippen LogP contribution in [-0.4, -0.2) is 82.5 Å². The van der Waals surface area contributed by atoms with Gasteiger partial charge in [0.2, 0.25) is 0 Å². The first-order valence-corrected chi connectivity index (χ1v) is 18.9. The summed E-state index contributed by atoms with van der Waals surface area (Å²) in [6, 6.07) is 13.6. The van der Waals surface area contributed by atoms with Crippen molar-refractivity contribution in [2.45, 2.75) is 29.7 Å². The van der Waals surface area contributed by atoms with Crippen molar-refractivity contribution in [2.75, 3.05) is 45.1 Å². The van der Waals surface area contributed by atoms with Crippen molar-refractivity contribution in [3.63, 3.8) is 0 Å². The molecular weight excluding hydrogens is 742 g/mol. The number of rotatable bonds is 11. The van der Waals surface area contributed by atoms with Crippen LogP contribution in [0.4, 0.5) is 18.9 Å². The van der Waals surface area contributed by atoms with Crippen LogP contribution in [0.5, 0.6) is 17.2 Å². The summed E-state index contributed by atoms with van der Waals surface area (Å²) in [7, 11) is 0.429. The number of imidazole rings is 2. The second-order valence-electron chi connectivity index (χ2n) is 10.0. The van der Waals surface area contributed by atoms with Gasteiger partial charge in [-0.05, 0) is 48.9 Å². The summed E-state index contributed by atoms with van der Waals surface area (Å²) in [4.78, 5) is 17.9. The van der Waals surface area contributed by atoms with Crippen LogP contribution < -0.4 is 24.7 Å². The van der Waals surface area contributed by atoms with Crippen LogP contribution >= 0.6 is 23.5 Å². The summed E-state index contributed by atoms with van der Waals surface area (Å²) in [6.45, 7) is 4.09. The zero-order valence-electron chi connectivity index (χ0n) is 29.0. The van der Waals surface area contributed by atoms with Gasteiger partial charge in [-0.3, -0.25) is 8.80 Å². The third-order valence-electron chi connectivity index (χ3n) is 6.97. The highest BCUT2D eigenvalue weighted by atomic mass is 32.2. The molecule has 0 saturated heterocycles. The van der Waals surface area contributed by atoms with E-state index in [1.165, 1.54) is 38.1 Å². The summed E-state index contributed by atoms with van der Waals surface area (Å²) >= 11 is 3.20. The van der Waals surface area contributed by atoms with Crippen molar-refractivity contribution in [3.8, 4) is 39.8 Å². The van der Waals surface area contributed by atoms with Crippen molar-refractivity contribution in [3.05, 3.63) is 73.3 Å². The fourth-order valence-electron chi connectivity index (χ4n) is 4.67. The van der Waals surface area contributed by atoms with E-state index in [1.807, 2.05) is 53.2 Å². The first-order valence-electron chi connectivity index (χ1n) is 15.5. The molecule has 0 aliphatic heterocycles. The minimum atomic E-state index is -5.81. The highest BCUT2D eigenvalue weighted by Crippen LogP contribution is 2.37. The quantitative estimate of drug-likeness (QED) is 0.0607. The van der Waals surface area contributed by atoms with Gasteiger partial charge in [-0.25, -0.2) is 19.9 Å². The van der Waals surface area contributed by atoms with Gasteiger partial charge in [0.05, 0.1) is 31.3 Å². The summed E-state index contributed by atoms with van der Waals surface area (Å²) in [5.41, 5.74) is 4.36. The number of halogens is 3. The molecule has 6 rings (SSSR count). The number of ether oxygens (including phenoxy) is 2. The number of hydrogen-bond acceptors (Lipinski definition) is 13. The van der Waals surface area contributed by atoms with E-state index in [9.17, 15) is 21.6 Å². The molecule has 4 heterocycles. The normalized spacial score (nSPS) is 11.3. The van der Waals surface area contributed by atoms with Crippen LogP contribution in [0.25, 0.3) is 33.8 Å². The molecule has 0 radical (unpaired) electrons. The molecule has 4 aromatic heterocycles. The number of hydrogen-bond donors (Lipinski definition) is 2. The van der Waals surface area contributed by atoms with Gasteiger partial charge < -0.3 is 24.7 Å². The zero-order valence-corrected chi connectivity index (χ0v) is 31.5. The standard InChI is InChI=1S/C16H14F3N3O4S2.C16H18N4OS.CH5N/c1-3-27-15-21-11(9-14-20-6-7-22(14)15)10-4-5-12(13(8-10)25-2)26-28(23,24)16(17,18)19;1-4-22-16-19-13(10-15-18-7-8-20(15)16)11-5-6-12(17-2)14(9-11)21-3;1-2/h4-9H,3H2,1-2H3;5-10,17H,4H2,1-3H3;2H2,1H3. The number of nitrogens with one attached hydrogen (secondary N) is 1. The molecule has 6 aromatic rings. The molecule has 0 spiro atoms. The van der Waals surface area contributed by atoms with E-state index in [-0.39, 0.29) is 5.75 Å². The molecule has 52 heavy (non-hydrogen) atoms. The fourth-order valence-corrected chi connectivity index (χ4v) is 6.56. The van der Waals surface area contributed by atoms with Gasteiger partial charge in [-0.15, -0.1) is 0 Å². The number of nitrogens with zero attached hydrogens (tertiary/aromatic N) is 6. The monoisotopic (exact) mass is 778 g/mol. The third-order valence-corrected chi connectivity index (χ3v) is 9.61. The van der Waals surface area contributed by atoms with Crippen LogP contribution in [0.3, 0.4) is 0 Å². The molecular formula is C33H37F3N8O5S3. The van der Waals surface area contributed by atoms with Gasteiger partial charge >= 0.3 is 15.6 Å². The maximum atomic E-state index is 12.6. The number of nitrogens with two attached hydrogens (primary N) is 1. The molecule has 0 aliphatic carbocycles. The smallest absolute Gasteiger partial charge is 0.495 e. The Morgan fingerprint density at radius 2 is 1.25 bits per heavy atom. The van der Waals surface area contributed by atoms with Crippen molar-refractivity contribution in [1.82, 2.24) is 28.7 Å². The molecule has 2 aromatic carbocycles. The van der Waals surface area contributed by atoms with E-state index in [2.05, 4.69) is 37.1 Å². The van der Waals surface area contributed by atoms with Gasteiger partial charge in [0.1, 0.15) is 17.0 Å². The number of benzene rings is 2. The Labute approximate surface area is 307 Å². The number of thioether (sulfide) groups is 2. The molecule has 0 bridgehead atoms. The van der Waals surface area contributed by atoms with Crippen LogP contribution in [-0.2, 0) is 10.1 Å². The van der Waals surface area contributed by atoms with Crippen molar-refractivity contribution in [2.24, 2.45) is 5.73 Å². The fraction of sp³-hybridized carbons (Fsp3) is 0.273. The Morgan fingerprint density at radius 1 is 0.769 bits per heavy atom. The summed E-state index contributed by atoms with van der Waals surface area (Å²) in [5, 5.41) is 4.75. The van der Waals surface area contributed by atoms with Crippen molar-refractivity contribution in [1.29, 1.82) is 0 Å². The first-order chi connectivity index (χ1) is 24.9. The second-order valence-corrected chi connectivity index (χ2v) is 14.0. The van der Waals surface area contributed by atoms with Gasteiger partial charge in [-0.2, -0.15) is 21.6 Å². The largest absolute Gasteiger partial charge is 0.534 e. The van der Waals surface area contributed by atoms with Crippen molar-refractivity contribution < 1.29 is 35.2 Å². The molecule has 0 atom stereocenters. The van der Waals surface area contributed by atoms with E-state index in [0.717, 1.165) is 51.1 Å². The number of anilines is 1. The third kappa shape index (κ3) is 9.01. The number of aromatic nitrogens is 6. The number of alkyl halides is 3.